The fraction of sp³-hybridized carbons (Fsp3) is 0.364. The molecule has 1 aromatic carbocycles. The second-order valence-electron chi connectivity index (χ2n) is 3.40. The van der Waals surface area contributed by atoms with Gasteiger partial charge >= 0.3 is 0 Å². The standard InChI is InChI=1S/C11H14N2/c1-10-3-5-11(6-4-10)13-8-2-7-12-9-13/h3-6,9H,2,7-8H2,1H3. The second kappa shape index (κ2) is 3.60. The molecule has 1 aromatic rings. The molecule has 0 radical (unpaired) electrons. The highest BCUT2D eigenvalue weighted by atomic mass is 15.2. The van der Waals surface area contributed by atoms with Crippen molar-refractivity contribution in [1.82, 2.24) is 0 Å². The van der Waals surface area contributed by atoms with Crippen LogP contribution in [0.15, 0.2) is 29.3 Å². The number of aryl methyl sites for hydroxylation is 1. The molecule has 13 heavy (non-hydrogen) atoms. The average molecular weight is 174 g/mol. The molecule has 0 aromatic heterocycles. The first-order chi connectivity index (χ1) is 6.36. The summed E-state index contributed by atoms with van der Waals surface area (Å²) in [7, 11) is 0. The zero-order chi connectivity index (χ0) is 9.10. The summed E-state index contributed by atoms with van der Waals surface area (Å²) >= 11 is 0. The van der Waals surface area contributed by atoms with Gasteiger partial charge in [0.15, 0.2) is 0 Å². The summed E-state index contributed by atoms with van der Waals surface area (Å²) in [6.07, 6.45) is 3.10. The van der Waals surface area contributed by atoms with Gasteiger partial charge in [-0.3, -0.25) is 4.99 Å². The van der Waals surface area contributed by atoms with Gasteiger partial charge in [0, 0.05) is 18.8 Å². The summed E-state index contributed by atoms with van der Waals surface area (Å²) in [6.45, 7) is 4.17. The van der Waals surface area contributed by atoms with Gasteiger partial charge in [-0.05, 0) is 25.5 Å². The Morgan fingerprint density at radius 1 is 1.23 bits per heavy atom. The molecular formula is C11H14N2. The SMILES string of the molecule is Cc1ccc(N2C=NCCC2)cc1. The lowest BCUT2D eigenvalue weighted by Crippen LogP contribution is -2.26. The van der Waals surface area contributed by atoms with Crippen molar-refractivity contribution in [3.63, 3.8) is 0 Å². The molecule has 0 amide bonds. The third kappa shape index (κ3) is 1.89. The molecule has 0 N–H and O–H groups in total. The van der Waals surface area contributed by atoms with E-state index in [2.05, 4.69) is 41.1 Å². The Bertz CT molecular complexity index is 300. The molecule has 0 aliphatic carbocycles. The van der Waals surface area contributed by atoms with Crippen LogP contribution in [0.4, 0.5) is 5.69 Å². The fourth-order valence-electron chi connectivity index (χ4n) is 1.48. The Morgan fingerprint density at radius 3 is 2.62 bits per heavy atom. The van der Waals surface area contributed by atoms with E-state index in [1.165, 1.54) is 11.3 Å². The van der Waals surface area contributed by atoms with Crippen LogP contribution < -0.4 is 4.90 Å². The minimum atomic E-state index is 0.975. The largest absolute Gasteiger partial charge is 0.333 e. The highest BCUT2D eigenvalue weighted by Crippen LogP contribution is 2.15. The van der Waals surface area contributed by atoms with E-state index in [-0.39, 0.29) is 0 Å². The first-order valence-corrected chi connectivity index (χ1v) is 4.69. The number of hydrogen-bond donors (Lipinski definition) is 0. The van der Waals surface area contributed by atoms with E-state index in [0.717, 1.165) is 19.5 Å². The summed E-state index contributed by atoms with van der Waals surface area (Å²) in [4.78, 5) is 6.46. The van der Waals surface area contributed by atoms with Crippen LogP contribution in [0, 0.1) is 6.92 Å². The Balaban J connectivity index is 2.19. The van der Waals surface area contributed by atoms with Crippen molar-refractivity contribution < 1.29 is 0 Å². The normalized spacial score (nSPS) is 16.2. The summed E-state index contributed by atoms with van der Waals surface area (Å²) in [6, 6.07) is 8.56. The average Bonchev–Trinajstić information content (AvgIpc) is 2.20. The number of hydrogen-bond acceptors (Lipinski definition) is 2. The maximum absolute atomic E-state index is 4.26. The summed E-state index contributed by atoms with van der Waals surface area (Å²) in [5.74, 6) is 0. The van der Waals surface area contributed by atoms with Crippen LogP contribution in [0.2, 0.25) is 0 Å². The van der Waals surface area contributed by atoms with Crippen molar-refractivity contribution in [1.29, 1.82) is 0 Å². The van der Waals surface area contributed by atoms with E-state index in [0.29, 0.717) is 0 Å². The Kier molecular flexibility index (Phi) is 2.30. The molecule has 0 unspecified atom stereocenters. The molecule has 0 saturated carbocycles. The second-order valence-corrected chi connectivity index (χ2v) is 3.40. The molecule has 0 spiro atoms. The predicted octanol–water partition coefficient (Wildman–Crippen LogP) is 2.23. The number of nitrogens with zero attached hydrogens (tertiary/aromatic N) is 2. The quantitative estimate of drug-likeness (QED) is 0.637. The van der Waals surface area contributed by atoms with Gasteiger partial charge in [0.1, 0.15) is 0 Å². The third-order valence-corrected chi connectivity index (χ3v) is 2.27. The van der Waals surface area contributed by atoms with Crippen molar-refractivity contribution in [2.75, 3.05) is 18.0 Å². The Hall–Kier alpha value is -1.31. The van der Waals surface area contributed by atoms with Crippen molar-refractivity contribution in [2.24, 2.45) is 4.99 Å². The highest BCUT2D eigenvalue weighted by molar-refractivity contribution is 5.79. The molecular weight excluding hydrogens is 160 g/mol. The highest BCUT2D eigenvalue weighted by Gasteiger charge is 2.05. The van der Waals surface area contributed by atoms with Crippen LogP contribution in [0.3, 0.4) is 0 Å². The van der Waals surface area contributed by atoms with Gasteiger partial charge in [-0.15, -0.1) is 0 Å². The van der Waals surface area contributed by atoms with E-state index < -0.39 is 0 Å². The van der Waals surface area contributed by atoms with Gasteiger partial charge in [0.2, 0.25) is 0 Å². The molecule has 0 saturated heterocycles. The molecule has 0 bridgehead atoms. The van der Waals surface area contributed by atoms with Gasteiger partial charge in [0.25, 0.3) is 0 Å². The van der Waals surface area contributed by atoms with Gasteiger partial charge in [-0.1, -0.05) is 17.7 Å². The number of rotatable bonds is 1. The molecule has 2 rings (SSSR count). The van der Waals surface area contributed by atoms with Crippen molar-refractivity contribution in [2.45, 2.75) is 13.3 Å². The van der Waals surface area contributed by atoms with E-state index in [1.54, 1.807) is 0 Å². The van der Waals surface area contributed by atoms with Crippen molar-refractivity contribution >= 4 is 12.0 Å². The third-order valence-electron chi connectivity index (χ3n) is 2.27. The van der Waals surface area contributed by atoms with Gasteiger partial charge in [0.05, 0.1) is 6.34 Å². The van der Waals surface area contributed by atoms with Crippen LogP contribution in [-0.2, 0) is 0 Å². The molecule has 2 nitrogen and oxygen atoms in total. The van der Waals surface area contributed by atoms with E-state index in [9.17, 15) is 0 Å². The van der Waals surface area contributed by atoms with E-state index >= 15 is 0 Å². The number of benzene rings is 1. The maximum atomic E-state index is 4.26. The Labute approximate surface area is 78.9 Å². The fourth-order valence-corrected chi connectivity index (χ4v) is 1.48. The molecule has 2 heteroatoms. The van der Waals surface area contributed by atoms with E-state index in [1.807, 2.05) is 6.34 Å². The van der Waals surface area contributed by atoms with Crippen molar-refractivity contribution in [3.05, 3.63) is 29.8 Å². The van der Waals surface area contributed by atoms with Gasteiger partial charge in [-0.25, -0.2) is 0 Å². The lowest BCUT2D eigenvalue weighted by Gasteiger charge is -2.22. The summed E-state index contributed by atoms with van der Waals surface area (Å²) in [5.41, 5.74) is 2.55. The molecule has 1 aliphatic rings. The minimum absolute atomic E-state index is 0.975. The maximum Gasteiger partial charge on any atom is 0.0894 e. The lowest BCUT2D eigenvalue weighted by atomic mass is 10.2. The van der Waals surface area contributed by atoms with Crippen LogP contribution in [-0.4, -0.2) is 19.4 Å². The van der Waals surface area contributed by atoms with E-state index in [4.69, 9.17) is 0 Å². The minimum Gasteiger partial charge on any atom is -0.333 e. The van der Waals surface area contributed by atoms with Crippen LogP contribution in [0.25, 0.3) is 0 Å². The summed E-state index contributed by atoms with van der Waals surface area (Å²) in [5, 5.41) is 0. The molecule has 1 heterocycles. The first kappa shape index (κ1) is 8.30. The number of aliphatic imine (C=N–C) groups is 1. The monoisotopic (exact) mass is 174 g/mol. The lowest BCUT2D eigenvalue weighted by molar-refractivity contribution is 0.802. The zero-order valence-corrected chi connectivity index (χ0v) is 7.90. The topological polar surface area (TPSA) is 15.6 Å². The van der Waals surface area contributed by atoms with Crippen LogP contribution in [0.1, 0.15) is 12.0 Å². The predicted molar refractivity (Wildman–Crippen MR) is 56.5 cm³/mol. The van der Waals surface area contributed by atoms with Gasteiger partial charge in [-0.2, -0.15) is 0 Å². The van der Waals surface area contributed by atoms with Crippen LogP contribution in [0.5, 0.6) is 0 Å². The summed E-state index contributed by atoms with van der Waals surface area (Å²) < 4.78 is 0. The molecule has 0 atom stereocenters. The first-order valence-electron chi connectivity index (χ1n) is 4.69. The molecule has 0 fully saturated rings. The number of anilines is 1. The molecule has 68 valence electrons. The molecule has 1 aliphatic heterocycles. The van der Waals surface area contributed by atoms with Crippen LogP contribution >= 0.6 is 0 Å². The van der Waals surface area contributed by atoms with Crippen molar-refractivity contribution in [3.8, 4) is 0 Å². The zero-order valence-electron chi connectivity index (χ0n) is 7.90. The Morgan fingerprint density at radius 2 is 2.00 bits per heavy atom. The smallest absolute Gasteiger partial charge is 0.0894 e. The van der Waals surface area contributed by atoms with Gasteiger partial charge < -0.3 is 4.90 Å².